The summed E-state index contributed by atoms with van der Waals surface area (Å²) >= 11 is 0. The lowest BCUT2D eigenvalue weighted by Crippen LogP contribution is -2.47. The fourth-order valence-corrected chi connectivity index (χ4v) is 3.38. The number of ether oxygens (including phenoxy) is 1. The predicted octanol–water partition coefficient (Wildman–Crippen LogP) is 1.60. The van der Waals surface area contributed by atoms with Gasteiger partial charge in [0.05, 0.1) is 24.8 Å². The second kappa shape index (κ2) is 7.74. The summed E-state index contributed by atoms with van der Waals surface area (Å²) in [6, 6.07) is -0.402. The van der Waals surface area contributed by atoms with Gasteiger partial charge in [-0.1, -0.05) is 31.4 Å². The van der Waals surface area contributed by atoms with Crippen LogP contribution >= 0.6 is 0 Å². The molecule has 0 aromatic rings. The van der Waals surface area contributed by atoms with Crippen LogP contribution in [0.4, 0.5) is 4.79 Å². The van der Waals surface area contributed by atoms with Gasteiger partial charge in [-0.05, 0) is 18.9 Å². The summed E-state index contributed by atoms with van der Waals surface area (Å²) in [6.45, 7) is 0.442. The zero-order valence-corrected chi connectivity index (χ0v) is 14.4. The number of hydrogen-bond acceptors (Lipinski definition) is 4. The van der Waals surface area contributed by atoms with Crippen LogP contribution in [0, 0.1) is 5.92 Å². The lowest BCUT2D eigenvalue weighted by Gasteiger charge is -2.29. The van der Waals surface area contributed by atoms with Gasteiger partial charge in [0.2, 0.25) is 5.91 Å². The van der Waals surface area contributed by atoms with Crippen LogP contribution in [0.5, 0.6) is 0 Å². The molecule has 0 aromatic heterocycles. The van der Waals surface area contributed by atoms with Crippen molar-refractivity contribution in [1.82, 2.24) is 10.2 Å². The average molecular weight is 345 g/mol. The summed E-state index contributed by atoms with van der Waals surface area (Å²) in [4.78, 5) is 42.0. The van der Waals surface area contributed by atoms with Crippen molar-refractivity contribution in [1.29, 1.82) is 0 Å². The van der Waals surface area contributed by atoms with Crippen molar-refractivity contribution in [3.05, 3.63) is 23.8 Å². The molecule has 0 saturated heterocycles. The molecule has 134 valence electrons. The van der Waals surface area contributed by atoms with Crippen molar-refractivity contribution >= 4 is 23.6 Å². The van der Waals surface area contributed by atoms with Gasteiger partial charge in [0, 0.05) is 18.7 Å². The second-order valence-corrected chi connectivity index (χ2v) is 6.55. The van der Waals surface area contributed by atoms with Crippen LogP contribution in [0.1, 0.15) is 32.1 Å². The summed E-state index contributed by atoms with van der Waals surface area (Å²) < 4.78 is 4.92. The van der Waals surface area contributed by atoms with Crippen LogP contribution in [0.3, 0.4) is 0 Å². The number of carbonyl (C=O) groups is 3. The molecule has 1 atom stereocenters. The summed E-state index contributed by atoms with van der Waals surface area (Å²) in [5.41, 5.74) is 0.770. The molecule has 1 saturated carbocycles. The van der Waals surface area contributed by atoms with Gasteiger partial charge in [0.25, 0.3) is 5.91 Å². The van der Waals surface area contributed by atoms with E-state index in [9.17, 15) is 14.4 Å². The fraction of sp³-hybridized carbons (Fsp3) is 0.556. The minimum absolute atomic E-state index is 0.175. The third kappa shape index (κ3) is 3.87. The van der Waals surface area contributed by atoms with E-state index in [0.29, 0.717) is 11.3 Å². The van der Waals surface area contributed by atoms with E-state index in [2.05, 4.69) is 10.3 Å². The quantitative estimate of drug-likeness (QED) is 0.820. The Morgan fingerprint density at radius 1 is 1.32 bits per heavy atom. The van der Waals surface area contributed by atoms with E-state index in [0.717, 1.165) is 30.6 Å². The van der Waals surface area contributed by atoms with Crippen molar-refractivity contribution in [2.24, 2.45) is 10.9 Å². The Balaban J connectivity index is 1.71. The van der Waals surface area contributed by atoms with Crippen molar-refractivity contribution < 1.29 is 19.1 Å². The molecule has 1 heterocycles. The standard InChI is InChI=1S/C18H23N3O4/c1-25-10-9-21-17(23)14-8-7-12(11-15(14)20-18(21)24)16(22)19-13-5-3-2-4-6-13/h7-8,11,13-14H,2-6,9-10H2,1H3,(H,19,22). The molecular weight excluding hydrogens is 322 g/mol. The number of urea groups is 1. The van der Waals surface area contributed by atoms with Crippen LogP contribution in [0.15, 0.2) is 28.8 Å². The van der Waals surface area contributed by atoms with Crippen molar-refractivity contribution in [3.8, 4) is 0 Å². The van der Waals surface area contributed by atoms with Gasteiger partial charge in [0.1, 0.15) is 0 Å². The van der Waals surface area contributed by atoms with Crippen molar-refractivity contribution in [3.63, 3.8) is 0 Å². The third-order valence-electron chi connectivity index (χ3n) is 4.80. The van der Waals surface area contributed by atoms with Gasteiger partial charge in [-0.15, -0.1) is 0 Å². The minimum Gasteiger partial charge on any atom is -0.383 e. The number of allylic oxidation sites excluding steroid dienone is 1. The number of methoxy groups -OCH3 is 1. The van der Waals surface area contributed by atoms with Gasteiger partial charge in [0.15, 0.2) is 0 Å². The Labute approximate surface area is 146 Å². The Kier molecular flexibility index (Phi) is 5.43. The highest BCUT2D eigenvalue weighted by atomic mass is 16.5. The first-order chi connectivity index (χ1) is 12.1. The largest absolute Gasteiger partial charge is 0.383 e. The molecule has 0 spiro atoms. The Bertz CT molecular complexity index is 659. The number of hydrogen-bond donors (Lipinski definition) is 1. The smallest absolute Gasteiger partial charge is 0.350 e. The summed E-state index contributed by atoms with van der Waals surface area (Å²) in [5, 5.41) is 3.03. The van der Waals surface area contributed by atoms with E-state index in [1.165, 1.54) is 13.5 Å². The first-order valence-corrected chi connectivity index (χ1v) is 8.74. The van der Waals surface area contributed by atoms with Crippen molar-refractivity contribution in [2.75, 3.05) is 20.3 Å². The number of imide groups is 1. The Morgan fingerprint density at radius 2 is 2.08 bits per heavy atom. The number of nitrogens with zero attached hydrogens (tertiary/aromatic N) is 2. The monoisotopic (exact) mass is 345 g/mol. The zero-order valence-electron chi connectivity index (χ0n) is 14.4. The van der Waals surface area contributed by atoms with Crippen LogP contribution in [0.2, 0.25) is 0 Å². The molecule has 1 aliphatic heterocycles. The topological polar surface area (TPSA) is 88.1 Å². The SMILES string of the molecule is COCCN1C(=O)N=C2C=C(C(=O)NC3CCCCC3)C=CC2C1=O. The van der Waals surface area contributed by atoms with Crippen LogP contribution in [0.25, 0.3) is 0 Å². The highest BCUT2D eigenvalue weighted by Gasteiger charge is 2.36. The third-order valence-corrected chi connectivity index (χ3v) is 4.80. The maximum atomic E-state index is 12.5. The van der Waals surface area contributed by atoms with E-state index >= 15 is 0 Å². The molecule has 7 nitrogen and oxygen atoms in total. The molecule has 25 heavy (non-hydrogen) atoms. The maximum absolute atomic E-state index is 12.5. The molecule has 0 radical (unpaired) electrons. The molecule has 0 aromatic carbocycles. The lowest BCUT2D eigenvalue weighted by atomic mass is 9.91. The molecule has 7 heteroatoms. The van der Waals surface area contributed by atoms with Crippen LogP contribution in [-0.4, -0.2) is 54.8 Å². The summed E-state index contributed by atoms with van der Waals surface area (Å²) in [5.74, 6) is -1.11. The molecule has 1 fully saturated rings. The molecule has 0 bridgehead atoms. The van der Waals surface area contributed by atoms with E-state index in [1.807, 2.05) is 0 Å². The minimum atomic E-state index is -0.610. The number of carbonyl (C=O) groups excluding carboxylic acids is 3. The van der Waals surface area contributed by atoms with Crippen LogP contribution < -0.4 is 5.32 Å². The van der Waals surface area contributed by atoms with Gasteiger partial charge in [-0.3, -0.25) is 14.5 Å². The van der Waals surface area contributed by atoms with Gasteiger partial charge in [-0.25, -0.2) is 4.79 Å². The van der Waals surface area contributed by atoms with E-state index < -0.39 is 11.9 Å². The number of rotatable bonds is 5. The molecule has 3 aliphatic rings. The highest BCUT2D eigenvalue weighted by Crippen LogP contribution is 2.23. The Hall–Kier alpha value is -2.28. The van der Waals surface area contributed by atoms with Crippen molar-refractivity contribution in [2.45, 2.75) is 38.1 Å². The molecule has 2 aliphatic carbocycles. The first-order valence-electron chi connectivity index (χ1n) is 8.74. The number of amides is 4. The number of fused-ring (bicyclic) bond motifs is 1. The van der Waals surface area contributed by atoms with E-state index in [1.54, 1.807) is 18.2 Å². The molecule has 4 amide bonds. The van der Waals surface area contributed by atoms with Gasteiger partial charge < -0.3 is 10.1 Å². The van der Waals surface area contributed by atoms with Crippen LogP contribution in [-0.2, 0) is 14.3 Å². The van der Waals surface area contributed by atoms with Gasteiger partial charge in [-0.2, -0.15) is 4.99 Å². The average Bonchev–Trinajstić information content (AvgIpc) is 2.62. The number of nitrogens with one attached hydrogen (secondary N) is 1. The molecule has 1 N–H and O–H groups in total. The zero-order chi connectivity index (χ0) is 17.8. The van der Waals surface area contributed by atoms with E-state index in [4.69, 9.17) is 4.74 Å². The Morgan fingerprint density at radius 3 is 2.80 bits per heavy atom. The summed E-state index contributed by atoms with van der Waals surface area (Å²) in [7, 11) is 1.51. The summed E-state index contributed by atoms with van der Waals surface area (Å²) in [6.07, 6.45) is 10.3. The maximum Gasteiger partial charge on any atom is 0.350 e. The molecule has 3 rings (SSSR count). The lowest BCUT2D eigenvalue weighted by molar-refractivity contribution is -0.130. The van der Waals surface area contributed by atoms with E-state index in [-0.39, 0.29) is 31.0 Å². The normalized spacial score (nSPS) is 23.9. The predicted molar refractivity (Wildman–Crippen MR) is 92.1 cm³/mol. The molecule has 1 unspecified atom stereocenters. The first kappa shape index (κ1) is 17.5. The van der Waals surface area contributed by atoms with Gasteiger partial charge >= 0.3 is 6.03 Å². The highest BCUT2D eigenvalue weighted by molar-refractivity contribution is 6.23. The molecular formula is C18H23N3O4. The second-order valence-electron chi connectivity index (χ2n) is 6.55. The fourth-order valence-electron chi connectivity index (χ4n) is 3.38. The number of aliphatic imine (C=N–C) groups is 1.